The number of hydrogen-bond donors (Lipinski definition) is 2. The molecule has 2 aliphatic rings. The predicted octanol–water partition coefficient (Wildman–Crippen LogP) is 5.45. The van der Waals surface area contributed by atoms with E-state index in [1.165, 1.54) is 0 Å². The van der Waals surface area contributed by atoms with E-state index < -0.39 is 16.3 Å². The van der Waals surface area contributed by atoms with Crippen molar-refractivity contribution < 1.29 is 27.7 Å². The number of benzene rings is 4. The van der Waals surface area contributed by atoms with Crippen LogP contribution in [0.25, 0.3) is 11.1 Å². The lowest BCUT2D eigenvalue weighted by Crippen LogP contribution is -2.47. The normalized spacial score (nSPS) is 22.7. The van der Waals surface area contributed by atoms with Crippen LogP contribution in [0.5, 0.6) is 0 Å². The smallest absolute Gasteiger partial charge is 0.240 e. The molecule has 0 amide bonds. The van der Waals surface area contributed by atoms with E-state index in [-0.39, 0.29) is 36.2 Å². The molecule has 2 aliphatic heterocycles. The quantitative estimate of drug-likeness (QED) is 0.241. The van der Waals surface area contributed by atoms with Gasteiger partial charge in [0.2, 0.25) is 10.0 Å². The first-order valence-corrected chi connectivity index (χ1v) is 16.9. The molecule has 45 heavy (non-hydrogen) atoms. The molecule has 4 atom stereocenters. The van der Waals surface area contributed by atoms with E-state index in [1.807, 2.05) is 60.7 Å². The first kappa shape index (κ1) is 31.6. The van der Waals surface area contributed by atoms with Crippen molar-refractivity contribution in [2.75, 3.05) is 32.8 Å². The van der Waals surface area contributed by atoms with Crippen LogP contribution in [0.4, 0.5) is 0 Å². The molecule has 0 aromatic heterocycles. The summed E-state index contributed by atoms with van der Waals surface area (Å²) in [5.74, 6) is 0.116. The maximum Gasteiger partial charge on any atom is 0.240 e. The molecule has 0 aliphatic carbocycles. The van der Waals surface area contributed by atoms with Gasteiger partial charge in [-0.1, -0.05) is 91.9 Å². The molecule has 2 fully saturated rings. The van der Waals surface area contributed by atoms with Gasteiger partial charge in [-0.3, -0.25) is 4.90 Å². The molecule has 2 N–H and O–H groups in total. The fourth-order valence-corrected chi connectivity index (χ4v) is 6.96. The number of hydrogen-bond acceptors (Lipinski definition) is 7. The van der Waals surface area contributed by atoms with Crippen molar-refractivity contribution in [3.8, 4) is 11.1 Å². The molecule has 4 aromatic rings. The average Bonchev–Trinajstić information content (AvgIpc) is 3.09. The Balaban J connectivity index is 1.18. The summed E-state index contributed by atoms with van der Waals surface area (Å²) >= 11 is 0. The molecule has 0 bridgehead atoms. The minimum atomic E-state index is -3.60. The van der Waals surface area contributed by atoms with E-state index in [0.29, 0.717) is 0 Å². The lowest BCUT2D eigenvalue weighted by Gasteiger charge is -2.43. The van der Waals surface area contributed by atoms with Gasteiger partial charge in [0, 0.05) is 37.7 Å². The van der Waals surface area contributed by atoms with E-state index in [0.717, 1.165) is 66.2 Å². The number of nitrogens with zero attached hydrogens (tertiary/aromatic N) is 1. The molecule has 2 saturated heterocycles. The van der Waals surface area contributed by atoms with E-state index >= 15 is 0 Å². The lowest BCUT2D eigenvalue weighted by molar-refractivity contribution is -0.277. The summed E-state index contributed by atoms with van der Waals surface area (Å²) in [5, 5.41) is 9.53. The average molecular weight is 629 g/mol. The SMILES string of the molecule is CC1C(CN2CCOCC2)OC(c2ccc(-c3cccc(CNS(=O)(=O)c4ccccc4)c3)cc2)OC1c1ccc(CO)cc1. The summed E-state index contributed by atoms with van der Waals surface area (Å²) in [6.07, 6.45) is -0.749. The van der Waals surface area contributed by atoms with Gasteiger partial charge < -0.3 is 19.3 Å². The zero-order chi connectivity index (χ0) is 31.2. The Morgan fingerprint density at radius 3 is 2.22 bits per heavy atom. The van der Waals surface area contributed by atoms with Gasteiger partial charge in [0.1, 0.15) is 0 Å². The highest BCUT2D eigenvalue weighted by molar-refractivity contribution is 7.89. The Bertz CT molecular complexity index is 1640. The number of aliphatic hydroxyl groups is 1. The van der Waals surface area contributed by atoms with Gasteiger partial charge in [-0.05, 0) is 46.0 Å². The van der Waals surface area contributed by atoms with Crippen LogP contribution in [0.3, 0.4) is 0 Å². The van der Waals surface area contributed by atoms with Gasteiger partial charge in [-0.15, -0.1) is 0 Å². The monoisotopic (exact) mass is 628 g/mol. The molecule has 4 unspecified atom stereocenters. The van der Waals surface area contributed by atoms with Crippen LogP contribution >= 0.6 is 0 Å². The third-order valence-electron chi connectivity index (χ3n) is 8.63. The third-order valence-corrected chi connectivity index (χ3v) is 10.0. The largest absolute Gasteiger partial charge is 0.392 e. The van der Waals surface area contributed by atoms with Crippen molar-refractivity contribution in [1.82, 2.24) is 9.62 Å². The fraction of sp³-hybridized carbons (Fsp3) is 0.333. The second kappa shape index (κ2) is 14.3. The molecule has 6 rings (SSSR count). The second-order valence-corrected chi connectivity index (χ2v) is 13.5. The predicted molar refractivity (Wildman–Crippen MR) is 173 cm³/mol. The minimum Gasteiger partial charge on any atom is -0.392 e. The number of ether oxygens (including phenoxy) is 3. The number of morpholine rings is 1. The van der Waals surface area contributed by atoms with Crippen molar-refractivity contribution in [3.63, 3.8) is 0 Å². The van der Waals surface area contributed by atoms with E-state index in [2.05, 4.69) is 28.7 Å². The lowest BCUT2D eigenvalue weighted by atomic mass is 9.90. The summed E-state index contributed by atoms with van der Waals surface area (Å²) in [5.41, 5.74) is 5.73. The van der Waals surface area contributed by atoms with Crippen LogP contribution in [0.15, 0.2) is 108 Å². The maximum absolute atomic E-state index is 12.7. The topological polar surface area (TPSA) is 97.3 Å². The summed E-state index contributed by atoms with van der Waals surface area (Å²) in [6, 6.07) is 32.4. The first-order chi connectivity index (χ1) is 21.9. The summed E-state index contributed by atoms with van der Waals surface area (Å²) < 4.78 is 46.9. The number of sulfonamides is 1. The maximum atomic E-state index is 12.7. The van der Waals surface area contributed by atoms with Crippen LogP contribution in [0.1, 0.15) is 41.6 Å². The van der Waals surface area contributed by atoms with E-state index in [4.69, 9.17) is 14.2 Å². The molecule has 8 nitrogen and oxygen atoms in total. The Morgan fingerprint density at radius 1 is 0.800 bits per heavy atom. The molecule has 4 aromatic carbocycles. The highest BCUT2D eigenvalue weighted by Crippen LogP contribution is 2.42. The Morgan fingerprint density at radius 2 is 1.51 bits per heavy atom. The van der Waals surface area contributed by atoms with Crippen LogP contribution < -0.4 is 4.72 Å². The number of aliphatic hydroxyl groups excluding tert-OH is 1. The van der Waals surface area contributed by atoms with E-state index in [1.54, 1.807) is 30.3 Å². The van der Waals surface area contributed by atoms with Crippen LogP contribution in [0.2, 0.25) is 0 Å². The summed E-state index contributed by atoms with van der Waals surface area (Å²) in [6.45, 7) is 6.41. The van der Waals surface area contributed by atoms with E-state index in [9.17, 15) is 13.5 Å². The Kier molecular flexibility index (Phi) is 10.1. The number of rotatable bonds is 10. The highest BCUT2D eigenvalue weighted by Gasteiger charge is 2.39. The minimum absolute atomic E-state index is 0.00526. The zero-order valence-corrected chi connectivity index (χ0v) is 26.2. The zero-order valence-electron chi connectivity index (χ0n) is 25.4. The molecular formula is C36H40N2O6S. The van der Waals surface area contributed by atoms with Crippen molar-refractivity contribution in [1.29, 1.82) is 0 Å². The first-order valence-electron chi connectivity index (χ1n) is 15.4. The molecule has 9 heteroatoms. The standard InChI is InChI=1S/C36H40N2O6S/c1-26-34(24-38-18-20-42-21-19-38)43-36(44-35(26)30-12-10-27(25-39)11-13-30)31-16-14-29(15-17-31)32-7-5-6-28(22-32)23-37-45(40,41)33-8-3-2-4-9-33/h2-17,22,26,34-37,39H,18-21,23-25H2,1H3. The Hall–Kier alpha value is -3.41. The molecule has 0 radical (unpaired) electrons. The molecular weight excluding hydrogens is 588 g/mol. The van der Waals surface area contributed by atoms with Gasteiger partial charge in [0.15, 0.2) is 6.29 Å². The molecule has 236 valence electrons. The van der Waals surface area contributed by atoms with Crippen LogP contribution in [0, 0.1) is 5.92 Å². The summed E-state index contributed by atoms with van der Waals surface area (Å²) in [4.78, 5) is 2.64. The van der Waals surface area contributed by atoms with Crippen LogP contribution in [-0.2, 0) is 37.4 Å². The third kappa shape index (κ3) is 7.70. The van der Waals surface area contributed by atoms with Crippen molar-refractivity contribution in [2.45, 2.75) is 43.5 Å². The van der Waals surface area contributed by atoms with Crippen molar-refractivity contribution in [3.05, 3.63) is 125 Å². The molecule has 0 spiro atoms. The van der Waals surface area contributed by atoms with Gasteiger partial charge in [-0.25, -0.2) is 13.1 Å². The second-order valence-electron chi connectivity index (χ2n) is 11.7. The van der Waals surface area contributed by atoms with Crippen molar-refractivity contribution in [2.24, 2.45) is 5.92 Å². The molecule has 0 saturated carbocycles. The Labute approximate surface area is 265 Å². The summed E-state index contributed by atoms with van der Waals surface area (Å²) in [7, 11) is -3.60. The number of nitrogens with one attached hydrogen (secondary N) is 1. The van der Waals surface area contributed by atoms with Gasteiger partial charge >= 0.3 is 0 Å². The van der Waals surface area contributed by atoms with Gasteiger partial charge in [-0.2, -0.15) is 0 Å². The highest BCUT2D eigenvalue weighted by atomic mass is 32.2. The van der Waals surface area contributed by atoms with Gasteiger partial charge in [0.05, 0.1) is 36.9 Å². The van der Waals surface area contributed by atoms with Crippen molar-refractivity contribution >= 4 is 10.0 Å². The van der Waals surface area contributed by atoms with Crippen LogP contribution in [-0.4, -0.2) is 57.4 Å². The van der Waals surface area contributed by atoms with Gasteiger partial charge in [0.25, 0.3) is 0 Å². The fourth-order valence-electron chi connectivity index (χ4n) is 5.92. The molecule has 2 heterocycles.